The predicted octanol–water partition coefficient (Wildman–Crippen LogP) is 6.80. The number of anilines is 4. The van der Waals surface area contributed by atoms with Gasteiger partial charge in [-0.2, -0.15) is 0 Å². The molecule has 0 saturated carbocycles. The van der Waals surface area contributed by atoms with Gasteiger partial charge in [0.15, 0.2) is 21.3 Å². The molecule has 230 valence electrons. The van der Waals surface area contributed by atoms with Crippen molar-refractivity contribution in [2.45, 2.75) is 57.6 Å². The number of sulfone groups is 1. The molecule has 4 aromatic heterocycles. The molecule has 1 atom stereocenters. The van der Waals surface area contributed by atoms with Crippen LogP contribution >= 0.6 is 11.3 Å². The SMILES string of the molecule is Cc1csc(-c2ccc(Nc3cc(Nc4cnc(C)c(C)n4)nc4c3nc(C(F)F)n4C3CCCCO3)c(S(C)(=O)=O)c2)n1. The Morgan fingerprint density at radius 3 is 2.48 bits per heavy atom. The smallest absolute Gasteiger partial charge is 0.295 e. The lowest BCUT2D eigenvalue weighted by molar-refractivity contribution is -0.0363. The number of ether oxygens (including phenoxy) is 1. The first-order chi connectivity index (χ1) is 21.0. The van der Waals surface area contributed by atoms with Gasteiger partial charge in [0.2, 0.25) is 0 Å². The summed E-state index contributed by atoms with van der Waals surface area (Å²) in [5.74, 6) is 0.189. The lowest BCUT2D eigenvalue weighted by atomic mass is 10.2. The Kier molecular flexibility index (Phi) is 8.02. The topological polar surface area (TPSA) is 137 Å². The molecule has 15 heteroatoms. The van der Waals surface area contributed by atoms with Crippen molar-refractivity contribution in [1.82, 2.24) is 29.5 Å². The number of rotatable bonds is 8. The molecule has 2 N–H and O–H groups in total. The first-order valence-corrected chi connectivity index (χ1v) is 16.7. The molecule has 6 rings (SSSR count). The highest BCUT2D eigenvalue weighted by Crippen LogP contribution is 2.38. The molecule has 0 radical (unpaired) electrons. The fourth-order valence-corrected chi connectivity index (χ4v) is 6.69. The van der Waals surface area contributed by atoms with Crippen molar-refractivity contribution >= 4 is 55.3 Å². The molecule has 11 nitrogen and oxygen atoms in total. The molecule has 0 aliphatic carbocycles. The number of nitrogens with one attached hydrogen (secondary N) is 2. The van der Waals surface area contributed by atoms with Crippen LogP contribution in [0.2, 0.25) is 0 Å². The molecule has 1 saturated heterocycles. The van der Waals surface area contributed by atoms with Crippen LogP contribution < -0.4 is 10.6 Å². The number of hydrogen-bond donors (Lipinski definition) is 2. The van der Waals surface area contributed by atoms with E-state index in [4.69, 9.17) is 4.74 Å². The Balaban J connectivity index is 1.52. The maximum Gasteiger partial charge on any atom is 0.295 e. The lowest BCUT2D eigenvalue weighted by Crippen LogP contribution is -2.20. The van der Waals surface area contributed by atoms with Crippen LogP contribution in [0.25, 0.3) is 21.7 Å². The van der Waals surface area contributed by atoms with Crippen LogP contribution in [0.3, 0.4) is 0 Å². The molecule has 0 amide bonds. The lowest BCUT2D eigenvalue weighted by Gasteiger charge is -2.25. The third-order valence-corrected chi connectivity index (χ3v) is 9.43. The summed E-state index contributed by atoms with van der Waals surface area (Å²) in [6.45, 7) is 5.96. The van der Waals surface area contributed by atoms with E-state index in [0.717, 1.165) is 30.5 Å². The monoisotopic (exact) mass is 640 g/mol. The van der Waals surface area contributed by atoms with Gasteiger partial charge in [-0.15, -0.1) is 11.3 Å². The number of nitrogens with zero attached hydrogens (tertiary/aromatic N) is 6. The number of alkyl halides is 2. The number of imidazole rings is 1. The fraction of sp³-hybridized carbons (Fsp3) is 0.345. The minimum Gasteiger partial charge on any atom is -0.358 e. The number of pyridine rings is 1. The third kappa shape index (κ3) is 5.99. The van der Waals surface area contributed by atoms with Crippen molar-refractivity contribution in [3.8, 4) is 10.6 Å². The van der Waals surface area contributed by atoms with Crippen LogP contribution in [0.1, 0.15) is 54.8 Å². The highest BCUT2D eigenvalue weighted by atomic mass is 32.2. The number of halogens is 2. The average molecular weight is 641 g/mol. The number of aromatic nitrogens is 6. The number of thiazole rings is 1. The summed E-state index contributed by atoms with van der Waals surface area (Å²) in [6.07, 6.45) is 1.23. The summed E-state index contributed by atoms with van der Waals surface area (Å²) in [5, 5.41) is 8.84. The Labute approximate surface area is 256 Å². The zero-order valence-corrected chi connectivity index (χ0v) is 26.1. The third-order valence-electron chi connectivity index (χ3n) is 7.28. The van der Waals surface area contributed by atoms with Gasteiger partial charge in [0.05, 0.1) is 33.9 Å². The van der Waals surface area contributed by atoms with E-state index in [-0.39, 0.29) is 33.3 Å². The van der Waals surface area contributed by atoms with Gasteiger partial charge in [-0.05, 0) is 58.2 Å². The summed E-state index contributed by atoms with van der Waals surface area (Å²) in [6, 6.07) is 6.53. The molecule has 1 unspecified atom stereocenters. The standard InChI is InChI=1S/C29H30F2N8O3S2/c1-15-14-43-29(33-15)18-8-9-19(21(11-18)44(4,40)41)35-20-12-22(36-23-13-32-16(2)17(3)34-23)37-27-25(20)38-28(26(30)31)39(27)24-7-5-6-10-42-24/h8-9,11-14,24,26H,5-7,10H2,1-4H3,(H2,34,35,36,37). The summed E-state index contributed by atoms with van der Waals surface area (Å²) in [5.41, 5.74) is 3.77. The molecule has 1 fully saturated rings. The number of fused-ring (bicyclic) bond motifs is 1. The van der Waals surface area contributed by atoms with Crippen LogP contribution in [0.5, 0.6) is 0 Å². The van der Waals surface area contributed by atoms with Gasteiger partial charge in [-0.1, -0.05) is 0 Å². The van der Waals surface area contributed by atoms with Gasteiger partial charge in [-0.25, -0.2) is 37.1 Å². The van der Waals surface area contributed by atoms with E-state index >= 15 is 0 Å². The molecular weight excluding hydrogens is 611 g/mol. The molecule has 1 aliphatic heterocycles. The van der Waals surface area contributed by atoms with E-state index < -0.39 is 28.3 Å². The normalized spacial score (nSPS) is 15.7. The maximum atomic E-state index is 14.4. The summed E-state index contributed by atoms with van der Waals surface area (Å²) < 4.78 is 62.1. The Morgan fingerprint density at radius 1 is 1.00 bits per heavy atom. The number of hydrogen-bond acceptors (Lipinski definition) is 11. The van der Waals surface area contributed by atoms with E-state index in [2.05, 4.69) is 35.6 Å². The summed E-state index contributed by atoms with van der Waals surface area (Å²) >= 11 is 1.41. The maximum absolute atomic E-state index is 14.4. The molecular formula is C29H30F2N8O3S2. The van der Waals surface area contributed by atoms with E-state index in [1.165, 1.54) is 15.9 Å². The van der Waals surface area contributed by atoms with Crippen molar-refractivity contribution in [1.29, 1.82) is 0 Å². The zero-order chi connectivity index (χ0) is 31.2. The van der Waals surface area contributed by atoms with Crippen LogP contribution in [-0.4, -0.2) is 50.8 Å². The van der Waals surface area contributed by atoms with Crippen molar-refractivity contribution in [3.05, 3.63) is 58.7 Å². The number of aryl methyl sites for hydroxylation is 3. The second kappa shape index (κ2) is 11.8. The highest BCUT2D eigenvalue weighted by Gasteiger charge is 2.29. The van der Waals surface area contributed by atoms with Gasteiger partial charge >= 0.3 is 0 Å². The Hall–Kier alpha value is -4.08. The highest BCUT2D eigenvalue weighted by molar-refractivity contribution is 7.90. The molecule has 44 heavy (non-hydrogen) atoms. The molecule has 1 aromatic carbocycles. The van der Waals surface area contributed by atoms with E-state index in [9.17, 15) is 17.2 Å². The van der Waals surface area contributed by atoms with Gasteiger partial charge in [0, 0.05) is 35.6 Å². The largest absolute Gasteiger partial charge is 0.358 e. The van der Waals surface area contributed by atoms with Gasteiger partial charge in [-0.3, -0.25) is 9.55 Å². The minimum atomic E-state index is -3.73. The van der Waals surface area contributed by atoms with Crippen molar-refractivity contribution in [3.63, 3.8) is 0 Å². The van der Waals surface area contributed by atoms with Gasteiger partial charge < -0.3 is 15.4 Å². The van der Waals surface area contributed by atoms with E-state index in [1.807, 2.05) is 26.2 Å². The average Bonchev–Trinajstić information content (AvgIpc) is 3.59. The van der Waals surface area contributed by atoms with E-state index in [0.29, 0.717) is 35.1 Å². The second-order valence-electron chi connectivity index (χ2n) is 10.6. The van der Waals surface area contributed by atoms with Crippen molar-refractivity contribution in [2.24, 2.45) is 0 Å². The molecule has 1 aliphatic rings. The Bertz CT molecular complexity index is 1970. The molecule has 5 heterocycles. The van der Waals surface area contributed by atoms with E-state index in [1.54, 1.807) is 30.5 Å². The summed E-state index contributed by atoms with van der Waals surface area (Å²) in [7, 11) is -3.73. The molecule has 5 aromatic rings. The van der Waals surface area contributed by atoms with Crippen molar-refractivity contribution < 1.29 is 21.9 Å². The number of benzene rings is 1. The quantitative estimate of drug-likeness (QED) is 0.186. The van der Waals surface area contributed by atoms with Crippen LogP contribution in [0.15, 0.2) is 40.7 Å². The summed E-state index contributed by atoms with van der Waals surface area (Å²) in [4.78, 5) is 22.3. The zero-order valence-electron chi connectivity index (χ0n) is 24.4. The Morgan fingerprint density at radius 2 is 1.82 bits per heavy atom. The van der Waals surface area contributed by atoms with Gasteiger partial charge in [0.1, 0.15) is 28.4 Å². The molecule has 0 spiro atoms. The first kappa shape index (κ1) is 30.0. The fourth-order valence-electron chi connectivity index (χ4n) is 5.03. The predicted molar refractivity (Wildman–Crippen MR) is 165 cm³/mol. The first-order valence-electron chi connectivity index (χ1n) is 13.9. The van der Waals surface area contributed by atoms with Crippen LogP contribution in [0.4, 0.5) is 31.8 Å². The van der Waals surface area contributed by atoms with Crippen molar-refractivity contribution in [2.75, 3.05) is 23.5 Å². The molecule has 0 bridgehead atoms. The van der Waals surface area contributed by atoms with Crippen LogP contribution in [0, 0.1) is 20.8 Å². The van der Waals surface area contributed by atoms with Gasteiger partial charge in [0.25, 0.3) is 6.43 Å². The minimum absolute atomic E-state index is 0.0199. The second-order valence-corrected chi connectivity index (χ2v) is 13.5. The van der Waals surface area contributed by atoms with Crippen LogP contribution in [-0.2, 0) is 14.6 Å².